The molecule has 1 atom stereocenters. The zero-order valence-corrected chi connectivity index (χ0v) is 26.0. The highest BCUT2D eigenvalue weighted by atomic mass is 32.2. The number of aryl methyl sites for hydroxylation is 1. The Bertz CT molecular complexity index is 1730. The van der Waals surface area contributed by atoms with Gasteiger partial charge in [0.15, 0.2) is 0 Å². The number of nitrogens with one attached hydrogen (secondary N) is 2. The van der Waals surface area contributed by atoms with E-state index in [2.05, 4.69) is 5.32 Å². The molecule has 0 aromatic heterocycles. The van der Waals surface area contributed by atoms with Crippen molar-refractivity contribution in [3.05, 3.63) is 112 Å². The first-order valence-electron chi connectivity index (χ1n) is 13.9. The lowest BCUT2D eigenvalue weighted by molar-refractivity contribution is -0.384. The Kier molecular flexibility index (Phi) is 11.5. The molecule has 4 aromatic carbocycles. The maximum absolute atomic E-state index is 13.1. The lowest BCUT2D eigenvalue weighted by atomic mass is 9.99. The maximum Gasteiger partial charge on any atom is 0.293 e. The van der Waals surface area contributed by atoms with Gasteiger partial charge in [-0.2, -0.15) is 0 Å². The molecule has 11 nitrogen and oxygen atoms in total. The highest BCUT2D eigenvalue weighted by Crippen LogP contribution is 2.32. The van der Waals surface area contributed by atoms with Gasteiger partial charge >= 0.3 is 0 Å². The van der Waals surface area contributed by atoms with E-state index in [1.165, 1.54) is 30.0 Å². The molecule has 13 heteroatoms. The van der Waals surface area contributed by atoms with E-state index in [-0.39, 0.29) is 24.5 Å². The smallest absolute Gasteiger partial charge is 0.293 e. The Morgan fingerprint density at radius 3 is 2.38 bits per heavy atom. The number of aliphatic hydroxyl groups is 2. The molecule has 0 bridgehead atoms. The molecular formula is C32H33N3O8S2. The van der Waals surface area contributed by atoms with Gasteiger partial charge in [0.2, 0.25) is 0 Å². The van der Waals surface area contributed by atoms with Crippen LogP contribution in [0.15, 0.2) is 101 Å². The van der Waals surface area contributed by atoms with Crippen LogP contribution in [0.5, 0.6) is 5.75 Å². The molecule has 0 aliphatic carbocycles. The summed E-state index contributed by atoms with van der Waals surface area (Å²) in [4.78, 5) is 24.5. The average Bonchev–Trinajstić information content (AvgIpc) is 3.05. The number of nitro groups is 1. The van der Waals surface area contributed by atoms with Crippen LogP contribution in [0, 0.1) is 10.1 Å². The van der Waals surface area contributed by atoms with Crippen LogP contribution in [-0.4, -0.2) is 61.6 Å². The summed E-state index contributed by atoms with van der Waals surface area (Å²) in [5, 5.41) is 33.7. The van der Waals surface area contributed by atoms with Crippen molar-refractivity contribution >= 4 is 39.1 Å². The Labute approximate surface area is 265 Å². The van der Waals surface area contributed by atoms with Crippen LogP contribution in [0.1, 0.15) is 22.3 Å². The van der Waals surface area contributed by atoms with Crippen molar-refractivity contribution in [2.24, 2.45) is 0 Å². The first kappa shape index (κ1) is 33.5. The predicted octanol–water partition coefficient (Wildman–Crippen LogP) is 4.88. The number of rotatable bonds is 15. The summed E-state index contributed by atoms with van der Waals surface area (Å²) in [6.45, 7) is -0.225. The van der Waals surface area contributed by atoms with E-state index in [0.717, 1.165) is 33.7 Å². The van der Waals surface area contributed by atoms with Crippen LogP contribution < -0.4 is 14.8 Å². The number of aliphatic hydroxyl groups excluding tert-OH is 2. The minimum Gasteiger partial charge on any atom is -0.496 e. The summed E-state index contributed by atoms with van der Waals surface area (Å²) < 4.78 is 33.6. The number of carbonyl (C=O) groups is 1. The third-order valence-electron chi connectivity index (χ3n) is 6.83. The van der Waals surface area contributed by atoms with E-state index >= 15 is 0 Å². The van der Waals surface area contributed by atoms with Gasteiger partial charge in [0.1, 0.15) is 11.4 Å². The number of ether oxygens (including phenoxy) is 1. The van der Waals surface area contributed by atoms with Gasteiger partial charge in [-0.05, 0) is 66.4 Å². The average molecular weight is 652 g/mol. The second-order valence-electron chi connectivity index (χ2n) is 9.96. The molecule has 0 saturated carbocycles. The van der Waals surface area contributed by atoms with Gasteiger partial charge in [0.05, 0.1) is 29.6 Å². The molecule has 0 spiro atoms. The van der Waals surface area contributed by atoms with Gasteiger partial charge in [-0.1, -0.05) is 42.5 Å². The van der Waals surface area contributed by atoms with Gasteiger partial charge in [0.25, 0.3) is 21.6 Å². The molecule has 1 amide bonds. The van der Waals surface area contributed by atoms with Crippen LogP contribution in [0.3, 0.4) is 0 Å². The third kappa shape index (κ3) is 8.82. The van der Waals surface area contributed by atoms with E-state index in [9.17, 15) is 28.4 Å². The number of carbonyl (C=O) groups excluding carboxylic acids is 1. The van der Waals surface area contributed by atoms with Crippen LogP contribution >= 0.6 is 11.8 Å². The zero-order chi connectivity index (χ0) is 32.4. The molecule has 0 aliphatic heterocycles. The van der Waals surface area contributed by atoms with E-state index in [4.69, 9.17) is 9.84 Å². The second-order valence-corrected chi connectivity index (χ2v) is 12.7. The number of amides is 1. The first-order chi connectivity index (χ1) is 21.6. The Morgan fingerprint density at radius 2 is 1.73 bits per heavy atom. The van der Waals surface area contributed by atoms with Crippen molar-refractivity contribution in [3.8, 4) is 16.9 Å². The fourth-order valence-electron chi connectivity index (χ4n) is 4.48. The standard InChI is InChI=1S/C32H33N3O8S2/c1-43-31-18-22(6-5-17-36)9-15-28(31)23-10-12-24(13-11-23)32(38)34-45(41,42)27-14-16-29(30(19-27)35(39)40)33-25(20-37)21-44-26-7-3-2-4-8-26/h2-4,7-16,18-19,25,33,36-37H,5-6,17,20-21H2,1H3,(H,34,38)/t25-/m1/s1. The molecule has 4 rings (SSSR count). The van der Waals surface area contributed by atoms with Crippen molar-refractivity contribution in [2.75, 3.05) is 31.4 Å². The SMILES string of the molecule is COc1cc(CCCO)ccc1-c1ccc(C(=O)NS(=O)(=O)c2ccc(N[C@H](CO)CSc3ccccc3)c([N+](=O)[O-])c2)cc1. The van der Waals surface area contributed by atoms with Crippen molar-refractivity contribution in [1.29, 1.82) is 0 Å². The predicted molar refractivity (Wildman–Crippen MR) is 173 cm³/mol. The van der Waals surface area contributed by atoms with E-state index < -0.39 is 37.5 Å². The molecule has 0 heterocycles. The summed E-state index contributed by atoms with van der Waals surface area (Å²) in [6.07, 6.45) is 1.32. The summed E-state index contributed by atoms with van der Waals surface area (Å²) in [7, 11) is -2.92. The number of nitro benzene ring substituents is 1. The Morgan fingerprint density at radius 1 is 1.00 bits per heavy atom. The number of hydrogen-bond acceptors (Lipinski definition) is 10. The number of sulfonamides is 1. The highest BCUT2D eigenvalue weighted by molar-refractivity contribution is 7.99. The topological polar surface area (TPSA) is 168 Å². The number of anilines is 1. The molecular weight excluding hydrogens is 618 g/mol. The third-order valence-corrected chi connectivity index (χ3v) is 9.33. The second kappa shape index (κ2) is 15.5. The van der Waals surface area contributed by atoms with E-state index in [1.54, 1.807) is 19.2 Å². The van der Waals surface area contributed by atoms with Gasteiger partial charge < -0.3 is 20.3 Å². The fourth-order valence-corrected chi connectivity index (χ4v) is 6.40. The number of thioether (sulfide) groups is 1. The molecule has 0 radical (unpaired) electrons. The number of methoxy groups -OCH3 is 1. The Balaban J connectivity index is 1.47. The maximum atomic E-state index is 13.1. The van der Waals surface area contributed by atoms with Crippen LogP contribution in [-0.2, 0) is 16.4 Å². The summed E-state index contributed by atoms with van der Waals surface area (Å²) in [5.74, 6) is 0.107. The van der Waals surface area contributed by atoms with Crippen molar-refractivity contribution in [1.82, 2.24) is 4.72 Å². The fraction of sp³-hybridized carbons (Fsp3) is 0.219. The summed E-state index contributed by atoms with van der Waals surface area (Å²) in [6, 6.07) is 24.1. The van der Waals surface area contributed by atoms with Gasteiger partial charge in [-0.25, -0.2) is 13.1 Å². The number of hydrogen-bond donors (Lipinski definition) is 4. The van der Waals surface area contributed by atoms with E-state index in [1.807, 2.05) is 53.3 Å². The molecule has 4 aromatic rings. The molecule has 236 valence electrons. The largest absolute Gasteiger partial charge is 0.496 e. The molecule has 0 saturated heterocycles. The molecule has 45 heavy (non-hydrogen) atoms. The van der Waals surface area contributed by atoms with Crippen LogP contribution in [0.4, 0.5) is 11.4 Å². The lowest BCUT2D eigenvalue weighted by Gasteiger charge is -2.18. The summed E-state index contributed by atoms with van der Waals surface area (Å²) in [5.41, 5.74) is 2.09. The van der Waals surface area contributed by atoms with Crippen molar-refractivity contribution in [2.45, 2.75) is 28.7 Å². The molecule has 0 aliphatic rings. The lowest BCUT2D eigenvalue weighted by Crippen LogP contribution is -2.30. The van der Waals surface area contributed by atoms with E-state index in [0.29, 0.717) is 24.3 Å². The van der Waals surface area contributed by atoms with Gasteiger partial charge in [0, 0.05) is 34.4 Å². The quantitative estimate of drug-likeness (QED) is 0.0790. The number of nitrogens with zero attached hydrogens (tertiary/aromatic N) is 1. The normalized spacial score (nSPS) is 11.9. The molecule has 0 fully saturated rings. The zero-order valence-electron chi connectivity index (χ0n) is 24.4. The van der Waals surface area contributed by atoms with Gasteiger partial charge in [-0.15, -0.1) is 11.8 Å². The van der Waals surface area contributed by atoms with Crippen LogP contribution in [0.2, 0.25) is 0 Å². The van der Waals surface area contributed by atoms with Crippen molar-refractivity contribution in [3.63, 3.8) is 0 Å². The Hall–Kier alpha value is -4.43. The van der Waals surface area contributed by atoms with Crippen LogP contribution in [0.25, 0.3) is 11.1 Å². The minimum atomic E-state index is -4.47. The first-order valence-corrected chi connectivity index (χ1v) is 16.4. The minimum absolute atomic E-state index is 0.0328. The summed E-state index contributed by atoms with van der Waals surface area (Å²) >= 11 is 1.45. The van der Waals surface area contributed by atoms with Crippen molar-refractivity contribution < 1.29 is 33.1 Å². The molecule has 0 unspecified atom stereocenters. The number of benzene rings is 4. The molecule has 4 N–H and O–H groups in total. The van der Waals surface area contributed by atoms with Gasteiger partial charge in [-0.3, -0.25) is 14.9 Å². The highest BCUT2D eigenvalue weighted by Gasteiger charge is 2.25. The monoisotopic (exact) mass is 651 g/mol.